The van der Waals surface area contributed by atoms with Gasteiger partial charge in [0.05, 0.1) is 11.8 Å². The second-order valence-electron chi connectivity index (χ2n) is 7.41. The number of aryl methyl sites for hydroxylation is 2. The maximum atomic E-state index is 13.5. The van der Waals surface area contributed by atoms with Crippen LogP contribution in [-0.4, -0.2) is 14.1 Å². The van der Waals surface area contributed by atoms with E-state index in [1.54, 1.807) is 10.9 Å². The smallest absolute Gasteiger partial charge is 0.277 e. The van der Waals surface area contributed by atoms with Crippen LogP contribution >= 0.6 is 11.6 Å². The van der Waals surface area contributed by atoms with Crippen molar-refractivity contribution in [3.8, 4) is 0 Å². The summed E-state index contributed by atoms with van der Waals surface area (Å²) < 4.78 is 3.79. The summed E-state index contributed by atoms with van der Waals surface area (Å²) in [5, 5.41) is 1.69. The highest BCUT2D eigenvalue weighted by Gasteiger charge is 2.16. The molecule has 148 valence electrons. The van der Waals surface area contributed by atoms with Crippen LogP contribution < -0.4 is 5.56 Å². The molecule has 0 radical (unpaired) electrons. The Morgan fingerprint density at radius 3 is 2.37 bits per heavy atom. The molecule has 0 aliphatic heterocycles. The van der Waals surface area contributed by atoms with Crippen molar-refractivity contribution in [1.29, 1.82) is 0 Å². The molecule has 0 amide bonds. The van der Waals surface area contributed by atoms with Gasteiger partial charge in [0.25, 0.3) is 5.56 Å². The van der Waals surface area contributed by atoms with E-state index in [0.29, 0.717) is 23.6 Å². The van der Waals surface area contributed by atoms with Gasteiger partial charge in [-0.2, -0.15) is 0 Å². The lowest BCUT2D eigenvalue weighted by atomic mass is 10.1. The number of hydrogen-bond donors (Lipinski definition) is 0. The van der Waals surface area contributed by atoms with Crippen molar-refractivity contribution in [2.24, 2.45) is 0 Å². The van der Waals surface area contributed by atoms with Gasteiger partial charge in [-0.05, 0) is 35.7 Å². The van der Waals surface area contributed by atoms with E-state index in [1.165, 1.54) is 5.56 Å². The fraction of sp³-hybridized carbons (Fsp3) is 0.120. The van der Waals surface area contributed by atoms with E-state index in [4.69, 9.17) is 11.6 Å². The van der Waals surface area contributed by atoms with Crippen LogP contribution in [0, 0.1) is 0 Å². The molecule has 0 saturated heterocycles. The number of halogens is 1. The van der Waals surface area contributed by atoms with Crippen LogP contribution in [0.25, 0.3) is 21.9 Å². The summed E-state index contributed by atoms with van der Waals surface area (Å²) in [4.78, 5) is 18.1. The van der Waals surface area contributed by atoms with Crippen LogP contribution in [0.4, 0.5) is 0 Å². The Hall–Kier alpha value is -3.37. The van der Waals surface area contributed by atoms with Gasteiger partial charge in [0, 0.05) is 23.5 Å². The number of rotatable bonds is 5. The largest absolute Gasteiger partial charge is 0.330 e. The quantitative estimate of drug-likeness (QED) is 0.392. The standard InChI is InChI=1S/C25H20ClN3O/c26-20-12-10-19(11-13-20)16-29-22-9-5-4-8-21(22)23-24(29)25(30)28(17-27-23)15-14-18-6-2-1-3-7-18/h1-13,17H,14-16H2. The van der Waals surface area contributed by atoms with E-state index in [-0.39, 0.29) is 5.56 Å². The van der Waals surface area contributed by atoms with Crippen LogP contribution in [0.5, 0.6) is 0 Å². The minimum atomic E-state index is -0.0129. The van der Waals surface area contributed by atoms with Crippen molar-refractivity contribution in [3.63, 3.8) is 0 Å². The SMILES string of the molecule is O=c1c2c(ncn1CCc1ccccc1)c1ccccc1n2Cc1ccc(Cl)cc1. The first-order chi connectivity index (χ1) is 14.7. The van der Waals surface area contributed by atoms with E-state index in [0.717, 1.165) is 28.4 Å². The highest BCUT2D eigenvalue weighted by Crippen LogP contribution is 2.26. The predicted molar refractivity (Wildman–Crippen MR) is 122 cm³/mol. The first-order valence-corrected chi connectivity index (χ1v) is 10.3. The Bertz CT molecular complexity index is 1390. The normalized spacial score (nSPS) is 11.4. The summed E-state index contributed by atoms with van der Waals surface area (Å²) in [5.74, 6) is 0. The topological polar surface area (TPSA) is 39.8 Å². The third kappa shape index (κ3) is 3.40. The van der Waals surface area contributed by atoms with E-state index in [2.05, 4.69) is 21.7 Å². The fourth-order valence-electron chi connectivity index (χ4n) is 3.94. The average molecular weight is 414 g/mol. The van der Waals surface area contributed by atoms with E-state index >= 15 is 0 Å². The summed E-state index contributed by atoms with van der Waals surface area (Å²) in [6.07, 6.45) is 2.46. The van der Waals surface area contributed by atoms with E-state index in [9.17, 15) is 4.79 Å². The summed E-state index contributed by atoms with van der Waals surface area (Å²) >= 11 is 6.04. The molecule has 4 nitrogen and oxygen atoms in total. The molecule has 0 fully saturated rings. The van der Waals surface area contributed by atoms with Crippen molar-refractivity contribution in [3.05, 3.63) is 112 Å². The van der Waals surface area contributed by atoms with Crippen molar-refractivity contribution >= 4 is 33.5 Å². The number of benzene rings is 3. The lowest BCUT2D eigenvalue weighted by Gasteiger charge is -2.09. The van der Waals surface area contributed by atoms with Crippen molar-refractivity contribution in [2.75, 3.05) is 0 Å². The monoisotopic (exact) mass is 413 g/mol. The highest BCUT2D eigenvalue weighted by molar-refractivity contribution is 6.30. The van der Waals surface area contributed by atoms with E-state index < -0.39 is 0 Å². The van der Waals surface area contributed by atoms with Crippen molar-refractivity contribution < 1.29 is 0 Å². The first-order valence-electron chi connectivity index (χ1n) is 9.95. The van der Waals surface area contributed by atoms with Gasteiger partial charge in [0.2, 0.25) is 0 Å². The van der Waals surface area contributed by atoms with Gasteiger partial charge in [-0.3, -0.25) is 9.36 Å². The molecule has 0 aliphatic rings. The Morgan fingerprint density at radius 2 is 1.57 bits per heavy atom. The first kappa shape index (κ1) is 18.6. The molecule has 0 atom stereocenters. The molecule has 0 bridgehead atoms. The zero-order valence-electron chi connectivity index (χ0n) is 16.3. The van der Waals surface area contributed by atoms with Gasteiger partial charge >= 0.3 is 0 Å². The minimum absolute atomic E-state index is 0.0129. The van der Waals surface area contributed by atoms with Crippen LogP contribution in [0.15, 0.2) is 90.0 Å². The fourth-order valence-corrected chi connectivity index (χ4v) is 4.06. The molecule has 30 heavy (non-hydrogen) atoms. The van der Waals surface area contributed by atoms with Crippen molar-refractivity contribution in [1.82, 2.24) is 14.1 Å². The molecule has 2 heterocycles. The summed E-state index contributed by atoms with van der Waals surface area (Å²) in [6, 6.07) is 26.0. The lowest BCUT2D eigenvalue weighted by molar-refractivity contribution is 0.658. The number of aromatic nitrogens is 3. The molecule has 0 N–H and O–H groups in total. The Kier molecular flexibility index (Phi) is 4.85. The summed E-state index contributed by atoms with van der Waals surface area (Å²) in [7, 11) is 0. The Morgan fingerprint density at radius 1 is 0.833 bits per heavy atom. The Balaban J connectivity index is 1.62. The zero-order chi connectivity index (χ0) is 20.5. The summed E-state index contributed by atoms with van der Waals surface area (Å²) in [5.41, 5.74) is 4.67. The van der Waals surface area contributed by atoms with Crippen LogP contribution in [0.2, 0.25) is 5.02 Å². The lowest BCUT2D eigenvalue weighted by Crippen LogP contribution is -2.23. The van der Waals surface area contributed by atoms with Gasteiger partial charge in [-0.1, -0.05) is 72.3 Å². The minimum Gasteiger partial charge on any atom is -0.330 e. The van der Waals surface area contributed by atoms with Crippen LogP contribution in [0.3, 0.4) is 0 Å². The molecule has 0 saturated carbocycles. The van der Waals surface area contributed by atoms with Gasteiger partial charge in [0.1, 0.15) is 11.0 Å². The van der Waals surface area contributed by atoms with Crippen molar-refractivity contribution in [2.45, 2.75) is 19.5 Å². The van der Waals surface area contributed by atoms with Crippen LogP contribution in [-0.2, 0) is 19.5 Å². The van der Waals surface area contributed by atoms with Crippen LogP contribution in [0.1, 0.15) is 11.1 Å². The molecule has 5 heteroatoms. The van der Waals surface area contributed by atoms with Gasteiger partial charge in [0.15, 0.2) is 0 Å². The number of hydrogen-bond acceptors (Lipinski definition) is 2. The average Bonchev–Trinajstić information content (AvgIpc) is 3.10. The second-order valence-corrected chi connectivity index (χ2v) is 7.84. The predicted octanol–water partition coefficient (Wildman–Crippen LogP) is 5.30. The number of nitrogens with zero attached hydrogens (tertiary/aromatic N) is 3. The van der Waals surface area contributed by atoms with Gasteiger partial charge in [-0.25, -0.2) is 4.98 Å². The molecule has 5 rings (SSSR count). The molecule has 2 aromatic heterocycles. The van der Waals surface area contributed by atoms with Gasteiger partial charge in [-0.15, -0.1) is 0 Å². The third-order valence-corrected chi connectivity index (χ3v) is 5.72. The third-order valence-electron chi connectivity index (χ3n) is 5.47. The second kappa shape index (κ2) is 7.81. The molecule has 3 aromatic carbocycles. The van der Waals surface area contributed by atoms with E-state index in [1.807, 2.05) is 66.7 Å². The van der Waals surface area contributed by atoms with Gasteiger partial charge < -0.3 is 4.57 Å². The molecule has 0 unspecified atom stereocenters. The summed E-state index contributed by atoms with van der Waals surface area (Å²) in [6.45, 7) is 1.18. The molecule has 0 spiro atoms. The maximum Gasteiger partial charge on any atom is 0.277 e. The number of para-hydroxylation sites is 1. The molecule has 0 aliphatic carbocycles. The Labute approximate surface area is 179 Å². The maximum absolute atomic E-state index is 13.5. The molecule has 5 aromatic rings. The molecular weight excluding hydrogens is 394 g/mol. The molecular formula is C25H20ClN3O. The highest BCUT2D eigenvalue weighted by atomic mass is 35.5. The zero-order valence-corrected chi connectivity index (χ0v) is 17.1. The number of fused-ring (bicyclic) bond motifs is 3.